The predicted molar refractivity (Wildman–Crippen MR) is 135 cm³/mol. The van der Waals surface area contributed by atoms with E-state index in [2.05, 4.69) is 10.1 Å². The van der Waals surface area contributed by atoms with Gasteiger partial charge in [0.2, 0.25) is 0 Å². The first-order chi connectivity index (χ1) is 17.4. The Morgan fingerprint density at radius 3 is 2.28 bits per heavy atom. The Kier molecular flexibility index (Phi) is 8.40. The van der Waals surface area contributed by atoms with E-state index >= 15 is 0 Å². The van der Waals surface area contributed by atoms with E-state index in [-0.39, 0.29) is 18.0 Å². The smallest absolute Gasteiger partial charge is 0.337 e. The highest BCUT2D eigenvalue weighted by Crippen LogP contribution is 2.24. The zero-order valence-corrected chi connectivity index (χ0v) is 21.5. The predicted octanol–water partition coefficient (Wildman–Crippen LogP) is 4.45. The number of amides is 1. The van der Waals surface area contributed by atoms with Crippen LogP contribution in [0.15, 0.2) is 53.1 Å². The molecule has 2 aromatic carbocycles. The topological polar surface area (TPSA) is 85.1 Å². The summed E-state index contributed by atoms with van der Waals surface area (Å²) < 4.78 is 16.3. The molecule has 1 fully saturated rings. The summed E-state index contributed by atoms with van der Waals surface area (Å²) in [6, 6.07) is 14.9. The Balaban J connectivity index is 1.39. The number of hydrogen-bond acceptors (Lipinski definition) is 7. The second kappa shape index (κ2) is 11.7. The van der Waals surface area contributed by atoms with Gasteiger partial charge in [-0.05, 0) is 49.2 Å². The molecule has 1 aliphatic rings. The molecule has 0 bridgehead atoms. The fourth-order valence-corrected chi connectivity index (χ4v) is 4.42. The summed E-state index contributed by atoms with van der Waals surface area (Å²) >= 11 is 6.11. The molecule has 3 aromatic rings. The van der Waals surface area contributed by atoms with Gasteiger partial charge >= 0.3 is 5.97 Å². The highest BCUT2D eigenvalue weighted by Gasteiger charge is 2.28. The van der Waals surface area contributed by atoms with Crippen LogP contribution in [0.3, 0.4) is 0 Å². The molecule has 0 N–H and O–H groups in total. The third kappa shape index (κ3) is 6.13. The minimum atomic E-state index is -0.367. The maximum atomic E-state index is 13.0. The second-order valence-electron chi connectivity index (χ2n) is 8.83. The van der Waals surface area contributed by atoms with Crippen molar-refractivity contribution in [3.8, 4) is 0 Å². The Labute approximate surface area is 215 Å². The number of halogens is 1. The van der Waals surface area contributed by atoms with Gasteiger partial charge in [0.1, 0.15) is 11.3 Å². The quantitative estimate of drug-likeness (QED) is 0.413. The lowest BCUT2D eigenvalue weighted by Crippen LogP contribution is -2.49. The van der Waals surface area contributed by atoms with Gasteiger partial charge in [0.25, 0.3) is 5.91 Å². The van der Waals surface area contributed by atoms with Gasteiger partial charge in [-0.3, -0.25) is 9.69 Å². The van der Waals surface area contributed by atoms with Crippen molar-refractivity contribution >= 4 is 23.5 Å². The van der Waals surface area contributed by atoms with Crippen LogP contribution in [-0.4, -0.2) is 66.7 Å². The number of esters is 1. The first kappa shape index (κ1) is 25.9. The summed E-state index contributed by atoms with van der Waals surface area (Å²) in [5, 5.41) is 4.58. The van der Waals surface area contributed by atoms with Crippen LogP contribution in [0.4, 0.5) is 0 Å². The van der Waals surface area contributed by atoms with E-state index in [1.807, 2.05) is 41.3 Å². The second-order valence-corrected chi connectivity index (χ2v) is 9.27. The summed E-state index contributed by atoms with van der Waals surface area (Å²) in [6.45, 7) is 7.31. The van der Waals surface area contributed by atoms with Gasteiger partial charge in [0, 0.05) is 37.7 Å². The molecular weight excluding hydrogens is 482 g/mol. The third-order valence-corrected chi connectivity index (χ3v) is 6.65. The third-order valence-electron chi connectivity index (χ3n) is 6.40. The van der Waals surface area contributed by atoms with E-state index in [1.165, 1.54) is 7.11 Å². The molecule has 190 valence electrons. The molecule has 0 spiro atoms. The molecular formula is C27H30ClN3O5. The highest BCUT2D eigenvalue weighted by molar-refractivity contribution is 6.30. The maximum Gasteiger partial charge on any atom is 0.337 e. The number of aromatic nitrogens is 1. The van der Waals surface area contributed by atoms with Crippen LogP contribution in [0.5, 0.6) is 0 Å². The van der Waals surface area contributed by atoms with E-state index in [1.54, 1.807) is 26.0 Å². The lowest BCUT2D eigenvalue weighted by atomic mass is 10.1. The summed E-state index contributed by atoms with van der Waals surface area (Å²) in [7, 11) is 1.36. The van der Waals surface area contributed by atoms with Gasteiger partial charge in [-0.2, -0.15) is 0 Å². The lowest BCUT2D eigenvalue weighted by Gasteiger charge is -2.36. The Morgan fingerprint density at radius 2 is 1.69 bits per heavy atom. The van der Waals surface area contributed by atoms with Gasteiger partial charge in [-0.25, -0.2) is 4.79 Å². The van der Waals surface area contributed by atoms with Gasteiger partial charge in [-0.15, -0.1) is 0 Å². The van der Waals surface area contributed by atoms with Crippen molar-refractivity contribution in [3.63, 3.8) is 0 Å². The molecule has 2 heterocycles. The number of benzene rings is 2. The summed E-state index contributed by atoms with van der Waals surface area (Å²) in [4.78, 5) is 28.8. The average Bonchev–Trinajstić information content (AvgIpc) is 3.24. The van der Waals surface area contributed by atoms with E-state index in [0.717, 1.165) is 24.2 Å². The standard InChI is InChI=1S/C27H30ClN3O5/c1-18-25(19(2)36-29-18)26(32)31-14-12-30(13-15-31)16-24(21-8-10-23(28)11-9-21)35-17-20-4-6-22(7-5-20)27(33)34-3/h4-11,24H,12-17H2,1-3H3/t24-/m1/s1. The van der Waals surface area contributed by atoms with Crippen molar-refractivity contribution in [2.24, 2.45) is 0 Å². The molecule has 1 aromatic heterocycles. The van der Waals surface area contributed by atoms with Crippen LogP contribution >= 0.6 is 11.6 Å². The molecule has 0 aliphatic carbocycles. The van der Waals surface area contributed by atoms with E-state index in [9.17, 15) is 9.59 Å². The molecule has 8 nitrogen and oxygen atoms in total. The number of ether oxygens (including phenoxy) is 2. The molecule has 36 heavy (non-hydrogen) atoms. The first-order valence-electron chi connectivity index (χ1n) is 11.8. The Bertz CT molecular complexity index is 1170. The summed E-state index contributed by atoms with van der Waals surface area (Å²) in [5.74, 6) is 0.149. The van der Waals surface area contributed by atoms with E-state index in [0.29, 0.717) is 53.8 Å². The monoisotopic (exact) mass is 511 g/mol. The number of piperazine rings is 1. The van der Waals surface area contributed by atoms with Gasteiger partial charge < -0.3 is 18.9 Å². The van der Waals surface area contributed by atoms with Crippen LogP contribution in [0.2, 0.25) is 5.02 Å². The van der Waals surface area contributed by atoms with Crippen molar-refractivity contribution in [1.29, 1.82) is 0 Å². The van der Waals surface area contributed by atoms with E-state index < -0.39 is 0 Å². The molecule has 1 atom stereocenters. The molecule has 1 aliphatic heterocycles. The minimum absolute atomic E-state index is 0.0354. The number of carbonyl (C=O) groups excluding carboxylic acids is 2. The van der Waals surface area contributed by atoms with Gasteiger partial charge in [0.15, 0.2) is 0 Å². The Morgan fingerprint density at radius 1 is 1.03 bits per heavy atom. The largest absolute Gasteiger partial charge is 0.465 e. The fourth-order valence-electron chi connectivity index (χ4n) is 4.30. The van der Waals surface area contributed by atoms with E-state index in [4.69, 9.17) is 25.6 Å². The van der Waals surface area contributed by atoms with Gasteiger partial charge in [0.05, 0.1) is 31.1 Å². The zero-order chi connectivity index (χ0) is 25.7. The number of hydrogen-bond donors (Lipinski definition) is 0. The van der Waals surface area contributed by atoms with Crippen molar-refractivity contribution in [2.45, 2.75) is 26.6 Å². The van der Waals surface area contributed by atoms with Crippen LogP contribution < -0.4 is 0 Å². The van der Waals surface area contributed by atoms with Crippen LogP contribution in [0.25, 0.3) is 0 Å². The zero-order valence-electron chi connectivity index (χ0n) is 20.7. The lowest BCUT2D eigenvalue weighted by molar-refractivity contribution is 0.00338. The number of nitrogens with zero attached hydrogens (tertiary/aromatic N) is 3. The normalized spacial score (nSPS) is 15.1. The fraction of sp³-hybridized carbons (Fsp3) is 0.370. The Hall–Kier alpha value is -3.20. The average molecular weight is 512 g/mol. The van der Waals surface area contributed by atoms with Gasteiger partial charge in [-0.1, -0.05) is 41.0 Å². The number of carbonyl (C=O) groups is 2. The van der Waals surface area contributed by atoms with Crippen molar-refractivity contribution < 1.29 is 23.6 Å². The highest BCUT2D eigenvalue weighted by atomic mass is 35.5. The summed E-state index contributed by atoms with van der Waals surface area (Å²) in [6.07, 6.45) is -0.188. The SMILES string of the molecule is COC(=O)c1ccc(CO[C@H](CN2CCN(C(=O)c3c(C)noc3C)CC2)c2ccc(Cl)cc2)cc1. The molecule has 1 saturated heterocycles. The molecule has 9 heteroatoms. The molecule has 0 unspecified atom stereocenters. The maximum absolute atomic E-state index is 13.0. The van der Waals surface area contributed by atoms with Crippen molar-refractivity contribution in [3.05, 3.63) is 87.3 Å². The number of methoxy groups -OCH3 is 1. The summed E-state index contributed by atoms with van der Waals surface area (Å²) in [5.41, 5.74) is 3.66. The van der Waals surface area contributed by atoms with Crippen LogP contribution in [-0.2, 0) is 16.1 Å². The van der Waals surface area contributed by atoms with Crippen molar-refractivity contribution in [2.75, 3.05) is 39.8 Å². The number of rotatable bonds is 8. The van der Waals surface area contributed by atoms with Crippen molar-refractivity contribution in [1.82, 2.24) is 15.0 Å². The molecule has 0 radical (unpaired) electrons. The molecule has 4 rings (SSSR count). The minimum Gasteiger partial charge on any atom is -0.465 e. The molecule has 0 saturated carbocycles. The molecule has 1 amide bonds. The van der Waals surface area contributed by atoms with Crippen LogP contribution in [0.1, 0.15) is 49.4 Å². The first-order valence-corrected chi connectivity index (χ1v) is 12.2. The number of aryl methyl sites for hydroxylation is 2. The van der Waals surface area contributed by atoms with Crippen LogP contribution in [0, 0.1) is 13.8 Å².